The molecule has 0 saturated heterocycles. The molecule has 0 aliphatic carbocycles. The molecular weight excluding hydrogens is 476 g/mol. The summed E-state index contributed by atoms with van der Waals surface area (Å²) in [5.74, 6) is 1.23. The zero-order valence-electron chi connectivity index (χ0n) is 18.6. The van der Waals surface area contributed by atoms with Crippen molar-refractivity contribution in [2.45, 2.75) is 31.5 Å². The van der Waals surface area contributed by atoms with Crippen molar-refractivity contribution < 1.29 is 17.9 Å². The molecule has 0 fully saturated rings. The number of nitrogens with zero attached hydrogens (tertiary/aromatic N) is 4. The lowest BCUT2D eigenvalue weighted by Crippen LogP contribution is -2.18. The number of ether oxygens (including phenoxy) is 1. The summed E-state index contributed by atoms with van der Waals surface area (Å²) >= 11 is 1.10. The average molecular weight is 499 g/mol. The Morgan fingerprint density at radius 1 is 1.06 bits per heavy atom. The SMILES string of the molecule is CC(=O)NCc1ccc(S(=O)(=O)Nc2ccc(Oc3ccc(-n4cnc(C)c4C)nn3)cc2)s1. The van der Waals surface area contributed by atoms with Gasteiger partial charge in [-0.1, -0.05) is 0 Å². The van der Waals surface area contributed by atoms with Gasteiger partial charge in [-0.2, -0.15) is 0 Å². The molecule has 0 radical (unpaired) electrons. The Hall–Kier alpha value is -3.77. The lowest BCUT2D eigenvalue weighted by Gasteiger charge is -2.09. The van der Waals surface area contributed by atoms with Gasteiger partial charge >= 0.3 is 0 Å². The second-order valence-electron chi connectivity index (χ2n) is 7.38. The Morgan fingerprint density at radius 3 is 2.44 bits per heavy atom. The largest absolute Gasteiger partial charge is 0.438 e. The van der Waals surface area contributed by atoms with Crippen molar-refractivity contribution in [3.05, 3.63) is 71.1 Å². The fraction of sp³-hybridized carbons (Fsp3) is 0.182. The molecule has 1 aromatic carbocycles. The number of amides is 1. The number of anilines is 1. The molecule has 0 atom stereocenters. The number of hydrogen-bond donors (Lipinski definition) is 2. The molecule has 12 heteroatoms. The zero-order chi connectivity index (χ0) is 24.3. The average Bonchev–Trinajstić information content (AvgIpc) is 3.42. The van der Waals surface area contributed by atoms with Crippen molar-refractivity contribution in [2.75, 3.05) is 4.72 Å². The zero-order valence-corrected chi connectivity index (χ0v) is 20.3. The maximum Gasteiger partial charge on any atom is 0.271 e. The van der Waals surface area contributed by atoms with E-state index >= 15 is 0 Å². The number of thiophene rings is 1. The topological polar surface area (TPSA) is 128 Å². The molecule has 176 valence electrons. The number of aryl methyl sites for hydroxylation is 1. The Labute approximate surface area is 200 Å². The summed E-state index contributed by atoms with van der Waals surface area (Å²) in [6.45, 7) is 5.57. The first kappa shape index (κ1) is 23.4. The number of benzene rings is 1. The second-order valence-corrected chi connectivity index (χ2v) is 10.5. The Bertz CT molecular complexity index is 1410. The first-order valence-corrected chi connectivity index (χ1v) is 12.5. The minimum Gasteiger partial charge on any atom is -0.438 e. The summed E-state index contributed by atoms with van der Waals surface area (Å²) < 4.78 is 35.6. The van der Waals surface area contributed by atoms with Crippen molar-refractivity contribution in [3.63, 3.8) is 0 Å². The molecule has 4 rings (SSSR count). The van der Waals surface area contributed by atoms with E-state index in [1.807, 2.05) is 18.4 Å². The summed E-state index contributed by atoms with van der Waals surface area (Å²) in [5, 5.41) is 10.9. The lowest BCUT2D eigenvalue weighted by atomic mass is 10.3. The van der Waals surface area contributed by atoms with Crippen LogP contribution in [0.3, 0.4) is 0 Å². The molecular formula is C22H22N6O4S2. The number of carbonyl (C=O) groups excluding carboxylic acids is 1. The van der Waals surface area contributed by atoms with E-state index in [0.29, 0.717) is 23.1 Å². The lowest BCUT2D eigenvalue weighted by molar-refractivity contribution is -0.119. The predicted molar refractivity (Wildman–Crippen MR) is 128 cm³/mol. The Balaban J connectivity index is 1.39. The number of rotatable bonds is 8. The quantitative estimate of drug-likeness (QED) is 0.380. The summed E-state index contributed by atoms with van der Waals surface area (Å²) in [7, 11) is -3.75. The number of aromatic nitrogens is 4. The van der Waals surface area contributed by atoms with Crippen molar-refractivity contribution in [3.8, 4) is 17.4 Å². The van der Waals surface area contributed by atoms with E-state index in [4.69, 9.17) is 4.74 Å². The number of imidazole rings is 1. The number of carbonyl (C=O) groups is 1. The molecule has 0 aliphatic heterocycles. The normalized spacial score (nSPS) is 11.3. The number of nitrogens with one attached hydrogen (secondary N) is 2. The Morgan fingerprint density at radius 2 is 1.82 bits per heavy atom. The minimum absolute atomic E-state index is 0.159. The highest BCUT2D eigenvalue weighted by molar-refractivity contribution is 7.94. The minimum atomic E-state index is -3.75. The van der Waals surface area contributed by atoms with E-state index in [9.17, 15) is 13.2 Å². The summed E-state index contributed by atoms with van der Waals surface area (Å²) in [6.07, 6.45) is 1.69. The van der Waals surface area contributed by atoms with Gasteiger partial charge in [0.2, 0.25) is 11.8 Å². The molecule has 4 aromatic rings. The molecule has 0 unspecified atom stereocenters. The van der Waals surface area contributed by atoms with Gasteiger partial charge in [0.25, 0.3) is 10.0 Å². The van der Waals surface area contributed by atoms with Crippen LogP contribution < -0.4 is 14.8 Å². The molecule has 3 aromatic heterocycles. The number of sulfonamides is 1. The molecule has 0 aliphatic rings. The van der Waals surface area contributed by atoms with Crippen LogP contribution in [0.5, 0.6) is 11.6 Å². The van der Waals surface area contributed by atoms with Gasteiger partial charge in [0.1, 0.15) is 16.3 Å². The third-order valence-electron chi connectivity index (χ3n) is 4.87. The van der Waals surface area contributed by atoms with Crippen molar-refractivity contribution in [1.82, 2.24) is 25.1 Å². The van der Waals surface area contributed by atoms with Crippen LogP contribution in [-0.4, -0.2) is 34.1 Å². The van der Waals surface area contributed by atoms with Crippen molar-refractivity contribution in [2.24, 2.45) is 0 Å². The van der Waals surface area contributed by atoms with E-state index in [-0.39, 0.29) is 16.7 Å². The first-order chi connectivity index (χ1) is 16.2. The highest BCUT2D eigenvalue weighted by Gasteiger charge is 2.17. The van der Waals surface area contributed by atoms with E-state index in [1.54, 1.807) is 48.8 Å². The third-order valence-corrected chi connectivity index (χ3v) is 7.83. The van der Waals surface area contributed by atoms with Crippen LogP contribution in [0.4, 0.5) is 5.69 Å². The molecule has 0 saturated carbocycles. The molecule has 34 heavy (non-hydrogen) atoms. The highest BCUT2D eigenvalue weighted by atomic mass is 32.2. The van der Waals surface area contributed by atoms with E-state index in [2.05, 4.69) is 25.2 Å². The standard InChI is InChI=1S/C22H22N6O4S2/c1-14-15(2)28(13-24-14)20-9-10-21(26-25-20)32-18-6-4-17(5-7-18)27-34(30,31)22-11-8-19(33-22)12-23-16(3)29/h4-11,13,27H,12H2,1-3H3,(H,23,29). The molecule has 0 bridgehead atoms. The summed E-state index contributed by atoms with van der Waals surface area (Å²) in [5.41, 5.74) is 2.28. The van der Waals surface area contributed by atoms with E-state index < -0.39 is 10.0 Å². The van der Waals surface area contributed by atoms with Gasteiger partial charge in [-0.05, 0) is 56.3 Å². The first-order valence-electron chi connectivity index (χ1n) is 10.2. The second kappa shape index (κ2) is 9.61. The van der Waals surface area contributed by atoms with Gasteiger partial charge in [-0.25, -0.2) is 13.4 Å². The van der Waals surface area contributed by atoms with Crippen LogP contribution in [0, 0.1) is 13.8 Å². The molecule has 3 heterocycles. The van der Waals surface area contributed by atoms with Gasteiger partial charge in [0, 0.05) is 29.2 Å². The van der Waals surface area contributed by atoms with Crippen LogP contribution in [-0.2, 0) is 21.4 Å². The summed E-state index contributed by atoms with van der Waals surface area (Å²) in [6, 6.07) is 13.1. The fourth-order valence-electron chi connectivity index (χ4n) is 2.95. The van der Waals surface area contributed by atoms with Crippen molar-refractivity contribution >= 4 is 33.0 Å². The Kier molecular flexibility index (Phi) is 6.61. The van der Waals surface area contributed by atoms with Gasteiger partial charge < -0.3 is 10.1 Å². The van der Waals surface area contributed by atoms with Gasteiger partial charge in [-0.3, -0.25) is 14.1 Å². The van der Waals surface area contributed by atoms with Gasteiger partial charge in [0.15, 0.2) is 5.82 Å². The molecule has 10 nitrogen and oxygen atoms in total. The van der Waals surface area contributed by atoms with Crippen molar-refractivity contribution in [1.29, 1.82) is 0 Å². The van der Waals surface area contributed by atoms with Crippen LogP contribution in [0.25, 0.3) is 5.82 Å². The maximum atomic E-state index is 12.7. The monoisotopic (exact) mass is 498 g/mol. The maximum absolute atomic E-state index is 12.7. The van der Waals surface area contributed by atoms with Gasteiger partial charge in [-0.15, -0.1) is 21.5 Å². The predicted octanol–water partition coefficient (Wildman–Crippen LogP) is 3.57. The molecule has 1 amide bonds. The van der Waals surface area contributed by atoms with E-state index in [1.165, 1.54) is 13.0 Å². The summed E-state index contributed by atoms with van der Waals surface area (Å²) in [4.78, 5) is 16.0. The van der Waals surface area contributed by atoms with Crippen LogP contribution in [0.1, 0.15) is 23.2 Å². The van der Waals surface area contributed by atoms with Crippen LogP contribution >= 0.6 is 11.3 Å². The molecule has 0 spiro atoms. The van der Waals surface area contributed by atoms with Crippen LogP contribution in [0.15, 0.2) is 59.1 Å². The molecule has 2 N–H and O–H groups in total. The van der Waals surface area contributed by atoms with Crippen LogP contribution in [0.2, 0.25) is 0 Å². The third kappa shape index (κ3) is 5.41. The van der Waals surface area contributed by atoms with Gasteiger partial charge in [0.05, 0.1) is 12.2 Å². The highest BCUT2D eigenvalue weighted by Crippen LogP contribution is 2.26. The smallest absolute Gasteiger partial charge is 0.271 e. The van der Waals surface area contributed by atoms with E-state index in [0.717, 1.165) is 27.6 Å². The fourth-order valence-corrected chi connectivity index (χ4v) is 5.31. The number of hydrogen-bond acceptors (Lipinski definition) is 8.